The first-order valence-corrected chi connectivity index (χ1v) is 12.3. The van der Waals surface area contributed by atoms with Gasteiger partial charge in [0.15, 0.2) is 0 Å². The summed E-state index contributed by atoms with van der Waals surface area (Å²) in [6, 6.07) is 12.9. The molecular weight excluding hydrogens is 481 g/mol. The molecule has 0 saturated carbocycles. The topological polar surface area (TPSA) is 103 Å². The Balaban J connectivity index is 1.90. The normalized spacial score (nSPS) is 23.8. The van der Waals surface area contributed by atoms with E-state index in [0.717, 1.165) is 42.7 Å². The third-order valence-electron chi connectivity index (χ3n) is 5.86. The van der Waals surface area contributed by atoms with Gasteiger partial charge in [-0.05, 0) is 49.1 Å². The van der Waals surface area contributed by atoms with E-state index in [1.807, 2.05) is 35.2 Å². The van der Waals surface area contributed by atoms with E-state index in [2.05, 4.69) is 0 Å². The summed E-state index contributed by atoms with van der Waals surface area (Å²) in [4.78, 5) is 1.88. The minimum atomic E-state index is -1.41. The van der Waals surface area contributed by atoms with E-state index in [1.54, 1.807) is 12.1 Å². The molecule has 3 rings (SSSR count). The second-order valence-corrected chi connectivity index (χ2v) is 9.35. The van der Waals surface area contributed by atoms with Crippen LogP contribution in [0.25, 0.3) is 0 Å². The molecule has 188 valence electrons. The summed E-state index contributed by atoms with van der Waals surface area (Å²) in [6.07, 6.45) is -1.64. The number of ether oxygens (including phenoxy) is 2. The summed E-state index contributed by atoms with van der Waals surface area (Å²) >= 11 is 12.3. The molecule has 0 saturated heterocycles. The molecule has 0 spiro atoms. The van der Waals surface area contributed by atoms with Crippen LogP contribution in [0.4, 0.5) is 5.69 Å². The largest absolute Gasteiger partial charge is 0.494 e. The molecule has 0 aromatic heterocycles. The van der Waals surface area contributed by atoms with Crippen LogP contribution in [0.3, 0.4) is 0 Å². The first-order valence-electron chi connectivity index (χ1n) is 11.6. The molecular formula is C25H33Cl2NO6. The number of hydrogen-bond donors (Lipinski definition) is 4. The van der Waals surface area contributed by atoms with Gasteiger partial charge < -0.3 is 34.8 Å². The van der Waals surface area contributed by atoms with Gasteiger partial charge in [0.1, 0.15) is 24.1 Å². The number of halogens is 2. The molecule has 1 heterocycles. The van der Waals surface area contributed by atoms with Crippen LogP contribution in [-0.2, 0) is 11.3 Å². The van der Waals surface area contributed by atoms with Crippen molar-refractivity contribution in [3.05, 3.63) is 58.1 Å². The van der Waals surface area contributed by atoms with Crippen molar-refractivity contribution in [3.8, 4) is 5.75 Å². The van der Waals surface area contributed by atoms with Crippen molar-refractivity contribution >= 4 is 28.9 Å². The number of aliphatic hydroxyl groups is 4. The molecule has 4 atom stereocenters. The zero-order chi connectivity index (χ0) is 24.5. The van der Waals surface area contributed by atoms with Crippen LogP contribution in [0.2, 0.25) is 10.0 Å². The lowest BCUT2D eigenvalue weighted by molar-refractivity contribution is -0.141. The van der Waals surface area contributed by atoms with Crippen LogP contribution in [0.5, 0.6) is 5.75 Å². The van der Waals surface area contributed by atoms with E-state index in [1.165, 1.54) is 0 Å². The van der Waals surface area contributed by atoms with E-state index in [0.29, 0.717) is 29.8 Å². The lowest BCUT2D eigenvalue weighted by Gasteiger charge is -2.34. The van der Waals surface area contributed by atoms with Gasteiger partial charge in [-0.2, -0.15) is 0 Å². The summed E-state index contributed by atoms with van der Waals surface area (Å²) in [7, 11) is 0. The maximum absolute atomic E-state index is 10.9. The second-order valence-electron chi connectivity index (χ2n) is 8.53. The number of anilines is 1. The molecule has 0 unspecified atom stereocenters. The quantitative estimate of drug-likeness (QED) is 0.496. The first kappa shape index (κ1) is 27.0. The number of nitrogens with zero attached hydrogens (tertiary/aromatic N) is 1. The standard InChI is InChI=1S/C25H33Cl2NO6/c26-20-9-8-17(12-21(20)27)14-28-15-22(30)24(32)25(23(31)16-29)34-11-4-2-1-3-10-33-19-7-5-6-18(28)13-19/h5-9,12-13,22-25,29-32H,1-4,10-11,14-16H2/t22-,23-,24-,25-/m1/s1. The Morgan fingerprint density at radius 3 is 2.47 bits per heavy atom. The molecule has 7 nitrogen and oxygen atoms in total. The molecule has 1 aliphatic heterocycles. The molecule has 2 aromatic rings. The van der Waals surface area contributed by atoms with Gasteiger partial charge in [0.25, 0.3) is 0 Å². The van der Waals surface area contributed by atoms with Gasteiger partial charge in [0.2, 0.25) is 0 Å². The van der Waals surface area contributed by atoms with Crippen LogP contribution in [0, 0.1) is 0 Å². The number of aliphatic hydroxyl groups excluding tert-OH is 4. The zero-order valence-electron chi connectivity index (χ0n) is 19.0. The Kier molecular flexibility index (Phi) is 10.7. The molecule has 0 fully saturated rings. The lowest BCUT2D eigenvalue weighted by Crippen LogP contribution is -2.51. The number of benzene rings is 2. The molecule has 34 heavy (non-hydrogen) atoms. The van der Waals surface area contributed by atoms with E-state index in [4.69, 9.17) is 32.7 Å². The highest BCUT2D eigenvalue weighted by Crippen LogP contribution is 2.27. The van der Waals surface area contributed by atoms with Crippen molar-refractivity contribution in [1.29, 1.82) is 0 Å². The molecule has 0 radical (unpaired) electrons. The van der Waals surface area contributed by atoms with E-state index < -0.39 is 31.0 Å². The van der Waals surface area contributed by atoms with E-state index in [-0.39, 0.29) is 6.54 Å². The second kappa shape index (κ2) is 13.5. The smallest absolute Gasteiger partial charge is 0.121 e. The van der Waals surface area contributed by atoms with Gasteiger partial charge in [-0.1, -0.05) is 41.8 Å². The fourth-order valence-corrected chi connectivity index (χ4v) is 4.27. The molecule has 2 bridgehead atoms. The summed E-state index contributed by atoms with van der Waals surface area (Å²) < 4.78 is 11.6. The molecule has 2 aromatic carbocycles. The van der Waals surface area contributed by atoms with Gasteiger partial charge in [-0.3, -0.25) is 0 Å². The number of β-amino-alcohol motifs (C(OH)–C–C–N with tert-alkyl or cyclic N) is 1. The predicted octanol–water partition coefficient (Wildman–Crippen LogP) is 3.41. The van der Waals surface area contributed by atoms with Gasteiger partial charge in [0, 0.05) is 31.5 Å². The summed E-state index contributed by atoms with van der Waals surface area (Å²) in [5, 5.41) is 42.3. The zero-order valence-corrected chi connectivity index (χ0v) is 20.5. The monoisotopic (exact) mass is 513 g/mol. The molecule has 0 amide bonds. The van der Waals surface area contributed by atoms with Crippen molar-refractivity contribution in [2.45, 2.75) is 56.6 Å². The average Bonchev–Trinajstić information content (AvgIpc) is 2.83. The predicted molar refractivity (Wildman–Crippen MR) is 133 cm³/mol. The van der Waals surface area contributed by atoms with Gasteiger partial charge in [-0.25, -0.2) is 0 Å². The molecule has 4 N–H and O–H groups in total. The Hall–Kier alpha value is -1.58. The highest BCUT2D eigenvalue weighted by Gasteiger charge is 2.33. The number of rotatable bonds is 4. The maximum atomic E-state index is 10.9. The minimum Gasteiger partial charge on any atom is -0.494 e. The van der Waals surface area contributed by atoms with Crippen LogP contribution >= 0.6 is 23.2 Å². The maximum Gasteiger partial charge on any atom is 0.121 e. The van der Waals surface area contributed by atoms with Crippen molar-refractivity contribution in [3.63, 3.8) is 0 Å². The average molecular weight is 514 g/mol. The van der Waals surface area contributed by atoms with Gasteiger partial charge in [-0.15, -0.1) is 0 Å². The van der Waals surface area contributed by atoms with Crippen LogP contribution in [0.1, 0.15) is 31.2 Å². The highest BCUT2D eigenvalue weighted by atomic mass is 35.5. The summed E-state index contributed by atoms with van der Waals surface area (Å²) in [6.45, 7) is 0.713. The summed E-state index contributed by atoms with van der Waals surface area (Å²) in [5.74, 6) is 0.718. The first-order chi connectivity index (χ1) is 16.4. The van der Waals surface area contributed by atoms with Crippen LogP contribution in [-0.4, -0.2) is 71.2 Å². The molecule has 9 heteroatoms. The van der Waals surface area contributed by atoms with Crippen molar-refractivity contribution in [1.82, 2.24) is 0 Å². The van der Waals surface area contributed by atoms with Crippen molar-refractivity contribution in [2.24, 2.45) is 0 Å². The number of fused-ring (bicyclic) bond motifs is 2. The Bertz CT molecular complexity index is 901. The third kappa shape index (κ3) is 7.71. The Morgan fingerprint density at radius 1 is 0.971 bits per heavy atom. The minimum absolute atomic E-state index is 0.0306. The third-order valence-corrected chi connectivity index (χ3v) is 6.60. The SMILES string of the molecule is OC[C@@H](O)[C@H]1OCCCCCCOc2cccc(c2)N(Cc2ccc(Cl)c(Cl)c2)C[C@@H](O)[C@H]1O. The van der Waals surface area contributed by atoms with Crippen LogP contribution < -0.4 is 9.64 Å². The Labute approximate surface area is 210 Å². The Morgan fingerprint density at radius 2 is 1.74 bits per heavy atom. The van der Waals surface area contributed by atoms with E-state index in [9.17, 15) is 20.4 Å². The summed E-state index contributed by atoms with van der Waals surface area (Å²) in [5.41, 5.74) is 1.64. The van der Waals surface area contributed by atoms with E-state index >= 15 is 0 Å². The highest BCUT2D eigenvalue weighted by molar-refractivity contribution is 6.42. The van der Waals surface area contributed by atoms with Crippen molar-refractivity contribution in [2.75, 3.05) is 31.3 Å². The molecule has 1 aliphatic rings. The lowest BCUT2D eigenvalue weighted by atomic mass is 10.0. The van der Waals surface area contributed by atoms with Gasteiger partial charge >= 0.3 is 0 Å². The fraction of sp³-hybridized carbons (Fsp3) is 0.520. The van der Waals surface area contributed by atoms with Crippen molar-refractivity contribution < 1.29 is 29.9 Å². The molecule has 0 aliphatic carbocycles. The van der Waals surface area contributed by atoms with Gasteiger partial charge in [0.05, 0.1) is 29.4 Å². The fourth-order valence-electron chi connectivity index (χ4n) is 3.95. The van der Waals surface area contributed by atoms with Crippen LogP contribution in [0.15, 0.2) is 42.5 Å². The number of hydrogen-bond acceptors (Lipinski definition) is 7.